The molecule has 1 unspecified atom stereocenters. The fourth-order valence-electron chi connectivity index (χ4n) is 0.746. The van der Waals surface area contributed by atoms with Crippen LogP contribution in [-0.4, -0.2) is 23.6 Å². The molecule has 0 aromatic carbocycles. The van der Waals surface area contributed by atoms with Crippen molar-refractivity contribution in [1.82, 2.24) is 0 Å². The van der Waals surface area contributed by atoms with Crippen LogP contribution in [0.3, 0.4) is 0 Å². The zero-order valence-electron chi connectivity index (χ0n) is 7.71. The molecule has 0 aliphatic rings. The Kier molecular flexibility index (Phi) is 6.96. The fourth-order valence-corrected chi connectivity index (χ4v) is 1.46. The van der Waals surface area contributed by atoms with Crippen molar-refractivity contribution in [2.75, 3.05) is 12.4 Å². The third kappa shape index (κ3) is 6.28. The Morgan fingerprint density at radius 1 is 1.75 bits per heavy atom. The summed E-state index contributed by atoms with van der Waals surface area (Å²) in [6.45, 7) is 7.92. The Bertz CT molecular complexity index is 145. The van der Waals surface area contributed by atoms with Crippen LogP contribution in [0.4, 0.5) is 0 Å². The summed E-state index contributed by atoms with van der Waals surface area (Å²) in [5.41, 5.74) is 0. The minimum atomic E-state index is -0.110. The average Bonchev–Trinajstić information content (AvgIpc) is 2.01. The Morgan fingerprint density at radius 2 is 2.42 bits per heavy atom. The lowest BCUT2D eigenvalue weighted by atomic mass is 10.3. The standard InChI is InChI=1S/C9H16O2S/c1-4-6-12-8(3)7-9(10)11-5-2/h4,8H,1,5-7H2,2-3H3. The molecule has 0 saturated heterocycles. The quantitative estimate of drug-likeness (QED) is 0.472. The van der Waals surface area contributed by atoms with Crippen molar-refractivity contribution >= 4 is 17.7 Å². The number of esters is 1. The first-order chi connectivity index (χ1) is 5.70. The minimum Gasteiger partial charge on any atom is -0.466 e. The predicted octanol–water partition coefficient (Wildman–Crippen LogP) is 2.25. The van der Waals surface area contributed by atoms with Crippen molar-refractivity contribution in [3.8, 4) is 0 Å². The maximum Gasteiger partial charge on any atom is 0.306 e. The van der Waals surface area contributed by atoms with Crippen molar-refractivity contribution in [2.24, 2.45) is 0 Å². The zero-order valence-corrected chi connectivity index (χ0v) is 8.52. The van der Waals surface area contributed by atoms with Gasteiger partial charge in [-0.2, -0.15) is 11.8 Å². The lowest BCUT2D eigenvalue weighted by Gasteiger charge is -2.08. The number of carbonyl (C=O) groups is 1. The first-order valence-electron chi connectivity index (χ1n) is 4.08. The molecular formula is C9H16O2S. The molecule has 0 rings (SSSR count). The van der Waals surface area contributed by atoms with E-state index in [2.05, 4.69) is 6.58 Å². The van der Waals surface area contributed by atoms with E-state index in [0.717, 1.165) is 5.75 Å². The molecule has 0 spiro atoms. The van der Waals surface area contributed by atoms with E-state index in [9.17, 15) is 4.79 Å². The molecule has 2 nitrogen and oxygen atoms in total. The molecular weight excluding hydrogens is 172 g/mol. The predicted molar refractivity (Wildman–Crippen MR) is 53.4 cm³/mol. The third-order valence-corrected chi connectivity index (χ3v) is 2.42. The van der Waals surface area contributed by atoms with Gasteiger partial charge in [-0.25, -0.2) is 0 Å². The van der Waals surface area contributed by atoms with E-state index in [1.165, 1.54) is 0 Å². The highest BCUT2D eigenvalue weighted by Crippen LogP contribution is 2.14. The molecule has 0 bridgehead atoms. The van der Waals surface area contributed by atoms with Crippen molar-refractivity contribution in [2.45, 2.75) is 25.5 Å². The number of hydrogen-bond acceptors (Lipinski definition) is 3. The number of ether oxygens (including phenoxy) is 1. The molecule has 0 aliphatic heterocycles. The Hall–Kier alpha value is -0.440. The van der Waals surface area contributed by atoms with E-state index < -0.39 is 0 Å². The van der Waals surface area contributed by atoms with Crippen LogP contribution in [0.15, 0.2) is 12.7 Å². The first-order valence-corrected chi connectivity index (χ1v) is 5.13. The maximum absolute atomic E-state index is 11.0. The van der Waals surface area contributed by atoms with E-state index in [1.807, 2.05) is 19.9 Å². The highest BCUT2D eigenvalue weighted by Gasteiger charge is 2.08. The molecule has 0 fully saturated rings. The van der Waals surface area contributed by atoms with Gasteiger partial charge in [-0.1, -0.05) is 13.0 Å². The Labute approximate surface area is 78.4 Å². The van der Waals surface area contributed by atoms with Gasteiger partial charge in [0, 0.05) is 11.0 Å². The lowest BCUT2D eigenvalue weighted by molar-refractivity contribution is -0.142. The minimum absolute atomic E-state index is 0.110. The van der Waals surface area contributed by atoms with Crippen LogP contribution < -0.4 is 0 Å². The molecule has 1 atom stereocenters. The number of hydrogen-bond donors (Lipinski definition) is 0. The lowest BCUT2D eigenvalue weighted by Crippen LogP contribution is -2.10. The van der Waals surface area contributed by atoms with Gasteiger partial charge in [-0.05, 0) is 6.92 Å². The second-order valence-corrected chi connectivity index (χ2v) is 3.91. The van der Waals surface area contributed by atoms with Gasteiger partial charge in [0.15, 0.2) is 0 Å². The summed E-state index contributed by atoms with van der Waals surface area (Å²) in [4.78, 5) is 11.0. The highest BCUT2D eigenvalue weighted by atomic mass is 32.2. The third-order valence-electron chi connectivity index (χ3n) is 1.26. The van der Waals surface area contributed by atoms with Crippen LogP contribution in [0.25, 0.3) is 0 Å². The molecule has 0 N–H and O–H groups in total. The maximum atomic E-state index is 11.0. The van der Waals surface area contributed by atoms with E-state index in [-0.39, 0.29) is 5.97 Å². The van der Waals surface area contributed by atoms with Crippen LogP contribution in [0.5, 0.6) is 0 Å². The van der Waals surface area contributed by atoms with Crippen LogP contribution in [-0.2, 0) is 9.53 Å². The largest absolute Gasteiger partial charge is 0.466 e. The SMILES string of the molecule is C=CCSC(C)CC(=O)OCC. The fraction of sp³-hybridized carbons (Fsp3) is 0.667. The molecule has 12 heavy (non-hydrogen) atoms. The van der Waals surface area contributed by atoms with Gasteiger partial charge in [0.05, 0.1) is 13.0 Å². The molecule has 0 radical (unpaired) electrons. The monoisotopic (exact) mass is 188 g/mol. The molecule has 0 saturated carbocycles. The smallest absolute Gasteiger partial charge is 0.306 e. The highest BCUT2D eigenvalue weighted by molar-refractivity contribution is 8.00. The summed E-state index contributed by atoms with van der Waals surface area (Å²) in [7, 11) is 0. The number of rotatable bonds is 6. The number of thioether (sulfide) groups is 1. The average molecular weight is 188 g/mol. The first kappa shape index (κ1) is 11.6. The molecule has 0 aromatic heterocycles. The van der Waals surface area contributed by atoms with Gasteiger partial charge in [0.1, 0.15) is 0 Å². The van der Waals surface area contributed by atoms with Gasteiger partial charge in [0.25, 0.3) is 0 Å². The van der Waals surface area contributed by atoms with E-state index in [0.29, 0.717) is 18.3 Å². The zero-order chi connectivity index (χ0) is 9.40. The van der Waals surface area contributed by atoms with E-state index in [1.54, 1.807) is 11.8 Å². The van der Waals surface area contributed by atoms with Gasteiger partial charge < -0.3 is 4.74 Å². The summed E-state index contributed by atoms with van der Waals surface area (Å²) in [6.07, 6.45) is 2.33. The normalized spacial score (nSPS) is 12.2. The number of carbonyl (C=O) groups excluding carboxylic acids is 1. The molecule has 0 amide bonds. The van der Waals surface area contributed by atoms with Gasteiger partial charge >= 0.3 is 5.97 Å². The summed E-state index contributed by atoms with van der Waals surface area (Å²) in [6, 6.07) is 0. The van der Waals surface area contributed by atoms with Crippen molar-refractivity contribution in [1.29, 1.82) is 0 Å². The van der Waals surface area contributed by atoms with Crippen LogP contribution in [0, 0.1) is 0 Å². The Morgan fingerprint density at radius 3 is 2.92 bits per heavy atom. The molecule has 0 aromatic rings. The van der Waals surface area contributed by atoms with Crippen molar-refractivity contribution < 1.29 is 9.53 Å². The van der Waals surface area contributed by atoms with Crippen LogP contribution in [0.1, 0.15) is 20.3 Å². The van der Waals surface area contributed by atoms with Gasteiger partial charge in [-0.3, -0.25) is 4.79 Å². The summed E-state index contributed by atoms with van der Waals surface area (Å²) in [5.74, 6) is 0.780. The van der Waals surface area contributed by atoms with Crippen molar-refractivity contribution in [3.63, 3.8) is 0 Å². The summed E-state index contributed by atoms with van der Waals surface area (Å²) < 4.78 is 4.81. The summed E-state index contributed by atoms with van der Waals surface area (Å²) >= 11 is 1.71. The second-order valence-electron chi connectivity index (χ2n) is 2.44. The van der Waals surface area contributed by atoms with Crippen molar-refractivity contribution in [3.05, 3.63) is 12.7 Å². The van der Waals surface area contributed by atoms with Gasteiger partial charge in [-0.15, -0.1) is 6.58 Å². The molecule has 0 heterocycles. The molecule has 0 aliphatic carbocycles. The van der Waals surface area contributed by atoms with Crippen LogP contribution >= 0.6 is 11.8 Å². The molecule has 70 valence electrons. The summed E-state index contributed by atoms with van der Waals surface area (Å²) in [5, 5.41) is 0.321. The van der Waals surface area contributed by atoms with Gasteiger partial charge in [0.2, 0.25) is 0 Å². The van der Waals surface area contributed by atoms with E-state index in [4.69, 9.17) is 4.74 Å². The molecule has 3 heteroatoms. The van der Waals surface area contributed by atoms with Crippen LogP contribution in [0.2, 0.25) is 0 Å². The topological polar surface area (TPSA) is 26.3 Å². The second kappa shape index (κ2) is 7.22. The Balaban J connectivity index is 3.46. The van der Waals surface area contributed by atoms with E-state index >= 15 is 0 Å².